The molecule has 2 aromatic carbocycles. The van der Waals surface area contributed by atoms with Crippen LogP contribution in [0.5, 0.6) is 0 Å². The summed E-state index contributed by atoms with van der Waals surface area (Å²) < 4.78 is 13.5. The summed E-state index contributed by atoms with van der Waals surface area (Å²) in [5.41, 5.74) is 7.03. The van der Waals surface area contributed by atoms with Gasteiger partial charge in [0.05, 0.1) is 6.04 Å². The molecular weight excluding hydrogens is 239 g/mol. The summed E-state index contributed by atoms with van der Waals surface area (Å²) in [7, 11) is 0. The molecule has 0 heterocycles. The number of nitrogens with two attached hydrogens (primary N) is 1. The van der Waals surface area contributed by atoms with Crippen LogP contribution in [0, 0.1) is 12.7 Å². The van der Waals surface area contributed by atoms with Gasteiger partial charge in [0.15, 0.2) is 0 Å². The average molecular weight is 258 g/mol. The minimum atomic E-state index is -0.241. The number of halogens is 1. The number of hydrogen-bond acceptors (Lipinski definition) is 2. The first-order valence-electron chi connectivity index (χ1n) is 6.47. The van der Waals surface area contributed by atoms with Crippen LogP contribution in [-0.4, -0.2) is 0 Å². The van der Waals surface area contributed by atoms with E-state index in [-0.39, 0.29) is 11.9 Å². The maximum Gasteiger partial charge on any atom is 0.123 e. The van der Waals surface area contributed by atoms with Crippen molar-refractivity contribution in [1.82, 2.24) is 5.43 Å². The second-order valence-corrected chi connectivity index (χ2v) is 4.65. The summed E-state index contributed by atoms with van der Waals surface area (Å²) in [5, 5.41) is 0. The van der Waals surface area contributed by atoms with Crippen LogP contribution in [-0.2, 0) is 6.42 Å². The highest BCUT2D eigenvalue weighted by atomic mass is 19.1. The van der Waals surface area contributed by atoms with Gasteiger partial charge in [0, 0.05) is 0 Å². The van der Waals surface area contributed by atoms with Gasteiger partial charge >= 0.3 is 0 Å². The Balaban J connectivity index is 2.53. The molecule has 2 nitrogen and oxygen atoms in total. The van der Waals surface area contributed by atoms with Gasteiger partial charge in [0.1, 0.15) is 5.82 Å². The van der Waals surface area contributed by atoms with Crippen molar-refractivity contribution in [3.63, 3.8) is 0 Å². The molecule has 3 heteroatoms. The third-order valence-electron chi connectivity index (χ3n) is 3.47. The van der Waals surface area contributed by atoms with E-state index in [0.29, 0.717) is 0 Å². The van der Waals surface area contributed by atoms with E-state index in [9.17, 15) is 4.39 Å². The van der Waals surface area contributed by atoms with Crippen molar-refractivity contribution in [3.8, 4) is 0 Å². The largest absolute Gasteiger partial charge is 0.271 e. The first-order valence-corrected chi connectivity index (χ1v) is 6.47. The zero-order valence-electron chi connectivity index (χ0n) is 11.3. The van der Waals surface area contributed by atoms with Crippen LogP contribution >= 0.6 is 0 Å². The highest BCUT2D eigenvalue weighted by molar-refractivity contribution is 5.40. The summed E-state index contributed by atoms with van der Waals surface area (Å²) in [5.74, 6) is 5.47. The molecule has 100 valence electrons. The first kappa shape index (κ1) is 13.7. The maximum atomic E-state index is 13.5. The quantitative estimate of drug-likeness (QED) is 0.652. The Bertz CT molecular complexity index is 566. The normalized spacial score (nSPS) is 12.4. The molecule has 0 saturated carbocycles. The number of hydrazine groups is 1. The molecule has 0 fully saturated rings. The van der Waals surface area contributed by atoms with E-state index in [1.54, 1.807) is 12.1 Å². The molecular formula is C16H19FN2. The lowest BCUT2D eigenvalue weighted by molar-refractivity contribution is 0.600. The summed E-state index contributed by atoms with van der Waals surface area (Å²) in [4.78, 5) is 0. The van der Waals surface area contributed by atoms with Gasteiger partial charge in [-0.25, -0.2) is 9.82 Å². The van der Waals surface area contributed by atoms with Crippen molar-refractivity contribution in [2.24, 2.45) is 5.84 Å². The van der Waals surface area contributed by atoms with Crippen LogP contribution < -0.4 is 11.3 Å². The summed E-state index contributed by atoms with van der Waals surface area (Å²) in [6.07, 6.45) is 0.919. The molecule has 0 aliphatic carbocycles. The van der Waals surface area contributed by atoms with Gasteiger partial charge in [0.25, 0.3) is 0 Å². The smallest absolute Gasteiger partial charge is 0.123 e. The van der Waals surface area contributed by atoms with Gasteiger partial charge in [-0.05, 0) is 47.7 Å². The fourth-order valence-corrected chi connectivity index (χ4v) is 2.41. The van der Waals surface area contributed by atoms with E-state index in [2.05, 4.69) is 18.4 Å². The molecule has 1 atom stereocenters. The van der Waals surface area contributed by atoms with Crippen molar-refractivity contribution in [2.75, 3.05) is 0 Å². The van der Waals surface area contributed by atoms with Crippen LogP contribution in [0.1, 0.15) is 35.2 Å². The van der Waals surface area contributed by atoms with Crippen LogP contribution in [0.15, 0.2) is 42.5 Å². The number of nitrogens with one attached hydrogen (secondary N) is 1. The lowest BCUT2D eigenvalue weighted by atomic mass is 9.91. The van der Waals surface area contributed by atoms with Gasteiger partial charge in [0.2, 0.25) is 0 Å². The molecule has 0 saturated heterocycles. The Hall–Kier alpha value is -1.71. The molecule has 0 bridgehead atoms. The van der Waals surface area contributed by atoms with Crippen LogP contribution in [0.25, 0.3) is 0 Å². The molecule has 3 N–H and O–H groups in total. The Morgan fingerprint density at radius 1 is 1.16 bits per heavy atom. The fraction of sp³-hybridized carbons (Fsp3) is 0.250. The van der Waals surface area contributed by atoms with E-state index in [0.717, 1.165) is 23.1 Å². The monoisotopic (exact) mass is 258 g/mol. The molecule has 0 aliphatic rings. The fourth-order valence-electron chi connectivity index (χ4n) is 2.41. The predicted octanol–water partition coefficient (Wildman–Crippen LogP) is 3.25. The molecule has 0 spiro atoms. The van der Waals surface area contributed by atoms with E-state index in [1.165, 1.54) is 11.6 Å². The van der Waals surface area contributed by atoms with Crippen molar-refractivity contribution >= 4 is 0 Å². The summed E-state index contributed by atoms with van der Waals surface area (Å²) in [6.45, 7) is 4.07. The van der Waals surface area contributed by atoms with Crippen LogP contribution in [0.4, 0.5) is 4.39 Å². The SMILES string of the molecule is CCc1ccccc1C(NN)c1cc(F)ccc1C. The second kappa shape index (κ2) is 5.95. The van der Waals surface area contributed by atoms with Gasteiger partial charge in [-0.15, -0.1) is 0 Å². The van der Waals surface area contributed by atoms with Crippen molar-refractivity contribution < 1.29 is 4.39 Å². The van der Waals surface area contributed by atoms with Gasteiger partial charge < -0.3 is 0 Å². The Morgan fingerprint density at radius 3 is 2.58 bits per heavy atom. The second-order valence-electron chi connectivity index (χ2n) is 4.65. The summed E-state index contributed by atoms with van der Waals surface area (Å²) in [6, 6.07) is 12.7. The lowest BCUT2D eigenvalue weighted by Gasteiger charge is -2.21. The number of aryl methyl sites for hydroxylation is 2. The third kappa shape index (κ3) is 2.83. The first-order chi connectivity index (χ1) is 9.17. The van der Waals surface area contributed by atoms with Crippen LogP contribution in [0.2, 0.25) is 0 Å². The summed E-state index contributed by atoms with van der Waals surface area (Å²) >= 11 is 0. The van der Waals surface area contributed by atoms with Gasteiger partial charge in [-0.3, -0.25) is 5.84 Å². The highest BCUT2D eigenvalue weighted by Gasteiger charge is 2.17. The molecule has 0 aliphatic heterocycles. The zero-order valence-corrected chi connectivity index (χ0v) is 11.3. The topological polar surface area (TPSA) is 38.0 Å². The molecule has 19 heavy (non-hydrogen) atoms. The van der Waals surface area contributed by atoms with Gasteiger partial charge in [-0.2, -0.15) is 0 Å². The Kier molecular flexibility index (Phi) is 4.30. The van der Waals surface area contributed by atoms with Crippen molar-refractivity contribution in [1.29, 1.82) is 0 Å². The average Bonchev–Trinajstić information content (AvgIpc) is 2.44. The number of hydrogen-bond donors (Lipinski definition) is 2. The number of rotatable bonds is 4. The minimum absolute atomic E-state index is 0.188. The molecule has 0 amide bonds. The molecule has 2 aromatic rings. The predicted molar refractivity (Wildman–Crippen MR) is 76.1 cm³/mol. The van der Waals surface area contributed by atoms with E-state index >= 15 is 0 Å². The van der Waals surface area contributed by atoms with E-state index in [4.69, 9.17) is 5.84 Å². The molecule has 0 aromatic heterocycles. The Morgan fingerprint density at radius 2 is 1.89 bits per heavy atom. The minimum Gasteiger partial charge on any atom is -0.271 e. The van der Waals surface area contributed by atoms with Crippen molar-refractivity contribution in [3.05, 3.63) is 70.5 Å². The van der Waals surface area contributed by atoms with Crippen LogP contribution in [0.3, 0.4) is 0 Å². The molecule has 0 radical (unpaired) electrons. The Labute approximate surface area is 113 Å². The third-order valence-corrected chi connectivity index (χ3v) is 3.47. The highest BCUT2D eigenvalue weighted by Crippen LogP contribution is 2.27. The molecule has 1 unspecified atom stereocenters. The van der Waals surface area contributed by atoms with E-state index < -0.39 is 0 Å². The van der Waals surface area contributed by atoms with Gasteiger partial charge in [-0.1, -0.05) is 37.3 Å². The zero-order chi connectivity index (χ0) is 13.8. The maximum absolute atomic E-state index is 13.5. The lowest BCUT2D eigenvalue weighted by Crippen LogP contribution is -2.30. The molecule has 2 rings (SSSR count). The number of benzene rings is 2. The van der Waals surface area contributed by atoms with Crippen molar-refractivity contribution in [2.45, 2.75) is 26.3 Å². The van der Waals surface area contributed by atoms with E-state index in [1.807, 2.05) is 25.1 Å². The standard InChI is InChI=1S/C16H19FN2/c1-3-12-6-4-5-7-14(12)16(19-18)15-10-13(17)9-8-11(15)2/h4-10,16,19H,3,18H2,1-2H3.